The van der Waals surface area contributed by atoms with Crippen LogP contribution in [0.1, 0.15) is 18.4 Å². The Bertz CT molecular complexity index is 447. The highest BCUT2D eigenvalue weighted by Gasteiger charge is 2.17. The van der Waals surface area contributed by atoms with Gasteiger partial charge in [-0.2, -0.15) is 10.4 Å². The van der Waals surface area contributed by atoms with Gasteiger partial charge in [0.2, 0.25) is 5.91 Å². The van der Waals surface area contributed by atoms with E-state index in [0.29, 0.717) is 11.4 Å². The lowest BCUT2D eigenvalue weighted by Crippen LogP contribution is -2.33. The third kappa shape index (κ3) is 2.69. The first kappa shape index (κ1) is 11.3. The summed E-state index contributed by atoms with van der Waals surface area (Å²) in [6.07, 6.45) is 3.59. The number of likely N-dealkylation sites (tertiary alicyclic amines) is 1. The van der Waals surface area contributed by atoms with Crippen LogP contribution in [-0.4, -0.2) is 40.6 Å². The number of carbonyl (C=O) groups is 1. The van der Waals surface area contributed by atoms with Gasteiger partial charge in [-0.25, -0.2) is 0 Å². The summed E-state index contributed by atoms with van der Waals surface area (Å²) in [5.74, 6) is 0.402. The maximum Gasteiger partial charge on any atom is 0.241 e. The van der Waals surface area contributed by atoms with E-state index in [0.717, 1.165) is 25.9 Å². The van der Waals surface area contributed by atoms with Gasteiger partial charge in [0.1, 0.15) is 6.07 Å². The van der Waals surface area contributed by atoms with Gasteiger partial charge in [0.05, 0.1) is 18.3 Å². The van der Waals surface area contributed by atoms with Crippen molar-refractivity contribution in [3.8, 4) is 6.07 Å². The molecule has 1 fully saturated rings. The Labute approximate surface area is 99.3 Å². The third-order valence-electron chi connectivity index (χ3n) is 2.71. The Morgan fingerprint density at radius 2 is 2.29 bits per heavy atom. The number of anilines is 1. The fraction of sp³-hybridized carbons (Fsp3) is 0.455. The molecule has 0 unspecified atom stereocenters. The molecule has 1 N–H and O–H groups in total. The van der Waals surface area contributed by atoms with Crippen molar-refractivity contribution in [2.75, 3.05) is 25.0 Å². The Hall–Kier alpha value is -2.16. The second-order valence-corrected chi connectivity index (χ2v) is 3.85. The van der Waals surface area contributed by atoms with E-state index >= 15 is 0 Å². The van der Waals surface area contributed by atoms with Crippen molar-refractivity contribution >= 4 is 11.7 Å². The van der Waals surface area contributed by atoms with E-state index in [4.69, 9.17) is 5.26 Å². The number of hydrogen-bond donors (Lipinski definition) is 1. The van der Waals surface area contributed by atoms with Crippen molar-refractivity contribution in [1.29, 1.82) is 5.26 Å². The predicted molar refractivity (Wildman–Crippen MR) is 61.1 cm³/mol. The molecule has 0 bridgehead atoms. The molecule has 17 heavy (non-hydrogen) atoms. The molecule has 6 nitrogen and oxygen atoms in total. The minimum absolute atomic E-state index is 0.0389. The molecule has 0 aromatic carbocycles. The molecule has 1 aromatic rings. The summed E-state index contributed by atoms with van der Waals surface area (Å²) >= 11 is 0. The first-order valence-electron chi connectivity index (χ1n) is 5.54. The second kappa shape index (κ2) is 5.25. The smallest absolute Gasteiger partial charge is 0.241 e. The number of amides is 1. The van der Waals surface area contributed by atoms with E-state index in [2.05, 4.69) is 15.5 Å². The SMILES string of the molecule is N#Cc1ccnnc1NCC(=O)N1CCCC1. The Morgan fingerprint density at radius 3 is 3.00 bits per heavy atom. The average Bonchev–Trinajstić information content (AvgIpc) is 2.90. The standard InChI is InChI=1S/C11H13N5O/c12-7-9-3-4-14-15-11(9)13-8-10(17)16-5-1-2-6-16/h3-4H,1-2,5-6,8H2,(H,13,15). The zero-order valence-electron chi connectivity index (χ0n) is 9.39. The van der Waals surface area contributed by atoms with Crippen LogP contribution in [0.4, 0.5) is 5.82 Å². The lowest BCUT2D eigenvalue weighted by molar-refractivity contribution is -0.128. The van der Waals surface area contributed by atoms with Gasteiger partial charge in [-0.1, -0.05) is 0 Å². The highest BCUT2D eigenvalue weighted by molar-refractivity contribution is 5.81. The van der Waals surface area contributed by atoms with E-state index in [9.17, 15) is 4.79 Å². The van der Waals surface area contributed by atoms with Crippen LogP contribution >= 0.6 is 0 Å². The lowest BCUT2D eigenvalue weighted by atomic mass is 10.3. The normalized spacial score (nSPS) is 14.4. The van der Waals surface area contributed by atoms with Crippen LogP contribution in [0.5, 0.6) is 0 Å². The van der Waals surface area contributed by atoms with E-state index in [1.165, 1.54) is 6.20 Å². The van der Waals surface area contributed by atoms with Gasteiger partial charge in [0.25, 0.3) is 0 Å². The van der Waals surface area contributed by atoms with Crippen molar-refractivity contribution in [2.45, 2.75) is 12.8 Å². The summed E-state index contributed by atoms with van der Waals surface area (Å²) in [5, 5.41) is 19.2. The first-order valence-corrected chi connectivity index (χ1v) is 5.54. The van der Waals surface area contributed by atoms with Crippen LogP contribution in [0.15, 0.2) is 12.3 Å². The number of nitrogens with zero attached hydrogens (tertiary/aromatic N) is 4. The minimum atomic E-state index is 0.0389. The summed E-state index contributed by atoms with van der Waals surface area (Å²) < 4.78 is 0. The molecule has 0 spiro atoms. The highest BCUT2D eigenvalue weighted by Crippen LogP contribution is 2.10. The predicted octanol–water partition coefficient (Wildman–Crippen LogP) is 0.383. The fourth-order valence-corrected chi connectivity index (χ4v) is 1.79. The minimum Gasteiger partial charge on any atom is -0.358 e. The van der Waals surface area contributed by atoms with E-state index in [1.54, 1.807) is 6.07 Å². The third-order valence-corrected chi connectivity index (χ3v) is 2.71. The van der Waals surface area contributed by atoms with Crippen LogP contribution in [0.2, 0.25) is 0 Å². The van der Waals surface area contributed by atoms with Crippen LogP contribution in [-0.2, 0) is 4.79 Å². The van der Waals surface area contributed by atoms with Gasteiger partial charge in [-0.05, 0) is 18.9 Å². The van der Waals surface area contributed by atoms with Crippen molar-refractivity contribution < 1.29 is 4.79 Å². The van der Waals surface area contributed by atoms with Crippen molar-refractivity contribution in [3.05, 3.63) is 17.8 Å². The van der Waals surface area contributed by atoms with Gasteiger partial charge in [-0.15, -0.1) is 5.10 Å². The van der Waals surface area contributed by atoms with E-state index in [1.807, 2.05) is 11.0 Å². The van der Waals surface area contributed by atoms with Crippen LogP contribution in [0.3, 0.4) is 0 Å². The average molecular weight is 231 g/mol. The van der Waals surface area contributed by atoms with Crippen LogP contribution in [0.25, 0.3) is 0 Å². The molecular weight excluding hydrogens is 218 g/mol. The molecule has 1 aliphatic heterocycles. The number of nitrogens with one attached hydrogen (secondary N) is 1. The summed E-state index contributed by atoms with van der Waals surface area (Å²) in [4.78, 5) is 13.6. The molecule has 2 rings (SSSR count). The largest absolute Gasteiger partial charge is 0.358 e. The van der Waals surface area contributed by atoms with Gasteiger partial charge in [0.15, 0.2) is 5.82 Å². The van der Waals surface area contributed by atoms with Gasteiger partial charge < -0.3 is 10.2 Å². The summed E-state index contributed by atoms with van der Waals surface area (Å²) in [7, 11) is 0. The zero-order valence-corrected chi connectivity index (χ0v) is 9.39. The molecule has 1 saturated heterocycles. The zero-order chi connectivity index (χ0) is 12.1. The van der Waals surface area contributed by atoms with Crippen molar-refractivity contribution in [2.24, 2.45) is 0 Å². The molecule has 1 aliphatic rings. The Kier molecular flexibility index (Phi) is 3.50. The lowest BCUT2D eigenvalue weighted by Gasteiger charge is -2.15. The number of rotatable bonds is 3. The fourth-order valence-electron chi connectivity index (χ4n) is 1.79. The molecule has 1 amide bonds. The van der Waals surface area contributed by atoms with Gasteiger partial charge in [0, 0.05) is 13.1 Å². The summed E-state index contributed by atoms with van der Waals surface area (Å²) in [6, 6.07) is 3.56. The van der Waals surface area contributed by atoms with E-state index < -0.39 is 0 Å². The topological polar surface area (TPSA) is 81.9 Å². The molecule has 0 aliphatic carbocycles. The number of nitriles is 1. The van der Waals surface area contributed by atoms with Gasteiger partial charge >= 0.3 is 0 Å². The number of hydrogen-bond acceptors (Lipinski definition) is 5. The van der Waals surface area contributed by atoms with Crippen molar-refractivity contribution in [1.82, 2.24) is 15.1 Å². The maximum absolute atomic E-state index is 11.8. The number of aromatic nitrogens is 2. The molecule has 0 radical (unpaired) electrons. The second-order valence-electron chi connectivity index (χ2n) is 3.85. The molecule has 2 heterocycles. The molecule has 6 heteroatoms. The summed E-state index contributed by atoms with van der Waals surface area (Å²) in [5.41, 5.74) is 0.397. The quantitative estimate of drug-likeness (QED) is 0.813. The Balaban J connectivity index is 1.93. The first-order chi connectivity index (χ1) is 8.31. The Morgan fingerprint density at radius 1 is 1.53 bits per heavy atom. The maximum atomic E-state index is 11.8. The molecule has 1 aromatic heterocycles. The molecule has 0 atom stereocenters. The van der Waals surface area contributed by atoms with Crippen LogP contribution in [0, 0.1) is 11.3 Å². The molecule has 88 valence electrons. The molecule has 0 saturated carbocycles. The number of carbonyl (C=O) groups excluding carboxylic acids is 1. The monoisotopic (exact) mass is 231 g/mol. The van der Waals surface area contributed by atoms with Gasteiger partial charge in [-0.3, -0.25) is 4.79 Å². The van der Waals surface area contributed by atoms with Crippen LogP contribution < -0.4 is 5.32 Å². The highest BCUT2D eigenvalue weighted by atomic mass is 16.2. The van der Waals surface area contributed by atoms with Crippen molar-refractivity contribution in [3.63, 3.8) is 0 Å². The summed E-state index contributed by atoms with van der Waals surface area (Å²) in [6.45, 7) is 1.81. The van der Waals surface area contributed by atoms with E-state index in [-0.39, 0.29) is 12.5 Å². The molecular formula is C11H13N5O.